The first-order valence-corrected chi connectivity index (χ1v) is 6.90. The number of hydrogen-bond acceptors (Lipinski definition) is 5. The Balaban J connectivity index is 2.19. The molecule has 0 heterocycles. The number of nitro benzene ring substituents is 1. The molecule has 0 aliphatic heterocycles. The Hall–Kier alpha value is -2.64. The number of phenolic OH excluding ortho intramolecular Hbond substituents is 1. The average Bonchev–Trinajstić information content (AvgIpc) is 2.51. The molecular formula is C14H9Cl2N3O4. The molecule has 0 aliphatic carbocycles. The van der Waals surface area contributed by atoms with Crippen molar-refractivity contribution in [2.75, 3.05) is 0 Å². The largest absolute Gasteiger partial charge is 0.506 e. The van der Waals surface area contributed by atoms with Gasteiger partial charge in [-0.25, -0.2) is 5.43 Å². The fourth-order valence-corrected chi connectivity index (χ4v) is 2.22. The van der Waals surface area contributed by atoms with Crippen molar-refractivity contribution in [3.63, 3.8) is 0 Å². The number of benzene rings is 2. The van der Waals surface area contributed by atoms with Crippen LogP contribution in [0, 0.1) is 10.1 Å². The molecule has 2 aromatic carbocycles. The van der Waals surface area contributed by atoms with Crippen LogP contribution in [0.4, 0.5) is 5.69 Å². The van der Waals surface area contributed by atoms with Gasteiger partial charge >= 0.3 is 0 Å². The first-order chi connectivity index (χ1) is 10.9. The molecule has 0 spiro atoms. The van der Waals surface area contributed by atoms with Gasteiger partial charge in [-0.05, 0) is 18.2 Å². The highest BCUT2D eigenvalue weighted by Crippen LogP contribution is 2.30. The summed E-state index contributed by atoms with van der Waals surface area (Å²) in [7, 11) is 0. The summed E-state index contributed by atoms with van der Waals surface area (Å²) in [5.74, 6) is -1.20. The van der Waals surface area contributed by atoms with E-state index in [0.29, 0.717) is 0 Å². The molecule has 0 saturated heterocycles. The number of para-hydroxylation sites is 1. The lowest BCUT2D eigenvalue weighted by Crippen LogP contribution is -2.18. The minimum atomic E-state index is -0.762. The van der Waals surface area contributed by atoms with Crippen LogP contribution in [0.2, 0.25) is 10.0 Å². The van der Waals surface area contributed by atoms with E-state index in [2.05, 4.69) is 10.5 Å². The van der Waals surface area contributed by atoms with Gasteiger partial charge in [-0.2, -0.15) is 5.10 Å². The smallest absolute Gasteiger partial charge is 0.278 e. The zero-order valence-corrected chi connectivity index (χ0v) is 12.9. The Bertz CT molecular complexity index is 809. The molecule has 0 atom stereocenters. The molecule has 23 heavy (non-hydrogen) atoms. The summed E-state index contributed by atoms with van der Waals surface area (Å²) in [6, 6.07) is 8.40. The Morgan fingerprint density at radius 3 is 2.70 bits per heavy atom. The van der Waals surface area contributed by atoms with Crippen LogP contribution in [0.25, 0.3) is 0 Å². The number of amides is 1. The van der Waals surface area contributed by atoms with Gasteiger partial charge in [0.2, 0.25) is 0 Å². The highest BCUT2D eigenvalue weighted by molar-refractivity contribution is 6.36. The summed E-state index contributed by atoms with van der Waals surface area (Å²) in [6.07, 6.45) is 1.12. The first-order valence-electron chi connectivity index (χ1n) is 6.15. The number of halogens is 2. The number of phenols is 1. The SMILES string of the molecule is O=C(N/N=C\c1ccccc1[N+](=O)[O-])c1cc(Cl)cc(Cl)c1O. The van der Waals surface area contributed by atoms with Crippen molar-refractivity contribution < 1.29 is 14.8 Å². The quantitative estimate of drug-likeness (QED) is 0.499. The minimum absolute atomic E-state index is 0.0784. The molecule has 0 unspecified atom stereocenters. The summed E-state index contributed by atoms with van der Waals surface area (Å²) in [5, 5.41) is 24.3. The number of carbonyl (C=O) groups is 1. The fraction of sp³-hybridized carbons (Fsp3) is 0. The Morgan fingerprint density at radius 1 is 1.30 bits per heavy atom. The Labute approximate surface area is 140 Å². The standard InChI is InChI=1S/C14H9Cl2N3O4/c15-9-5-10(13(20)11(16)6-9)14(21)18-17-7-8-3-1-2-4-12(8)19(22)23/h1-7,20H,(H,18,21)/b17-7-. The van der Waals surface area contributed by atoms with Gasteiger partial charge < -0.3 is 5.11 Å². The molecule has 0 aromatic heterocycles. The van der Waals surface area contributed by atoms with E-state index in [9.17, 15) is 20.0 Å². The summed E-state index contributed by atoms with van der Waals surface area (Å²) >= 11 is 11.5. The number of hydrogen-bond donors (Lipinski definition) is 2. The maximum Gasteiger partial charge on any atom is 0.278 e. The van der Waals surface area contributed by atoms with Crippen molar-refractivity contribution in [1.29, 1.82) is 0 Å². The molecule has 2 aromatic rings. The number of nitro groups is 1. The van der Waals surface area contributed by atoms with Gasteiger partial charge in [0, 0.05) is 11.1 Å². The van der Waals surface area contributed by atoms with E-state index in [1.54, 1.807) is 6.07 Å². The lowest BCUT2D eigenvalue weighted by atomic mass is 10.2. The van der Waals surface area contributed by atoms with Gasteiger partial charge in [0.1, 0.15) is 5.75 Å². The fourth-order valence-electron chi connectivity index (χ4n) is 1.72. The molecule has 0 saturated carbocycles. The van der Waals surface area contributed by atoms with Crippen LogP contribution >= 0.6 is 23.2 Å². The molecule has 2 rings (SSSR count). The molecule has 0 aliphatic rings. The van der Waals surface area contributed by atoms with Crippen molar-refractivity contribution in [2.24, 2.45) is 5.10 Å². The second-order valence-electron chi connectivity index (χ2n) is 4.30. The van der Waals surface area contributed by atoms with Crippen LogP contribution in [0.1, 0.15) is 15.9 Å². The van der Waals surface area contributed by atoms with Crippen molar-refractivity contribution in [2.45, 2.75) is 0 Å². The molecule has 0 fully saturated rings. The minimum Gasteiger partial charge on any atom is -0.506 e. The zero-order chi connectivity index (χ0) is 17.0. The third-order valence-corrected chi connectivity index (χ3v) is 3.28. The number of hydrazone groups is 1. The van der Waals surface area contributed by atoms with E-state index in [4.69, 9.17) is 23.2 Å². The molecule has 0 bridgehead atoms. The van der Waals surface area contributed by atoms with Crippen molar-refractivity contribution in [3.8, 4) is 5.75 Å². The van der Waals surface area contributed by atoms with Crippen molar-refractivity contribution in [1.82, 2.24) is 5.43 Å². The van der Waals surface area contributed by atoms with Crippen LogP contribution in [0.5, 0.6) is 5.75 Å². The van der Waals surface area contributed by atoms with E-state index in [1.807, 2.05) is 0 Å². The van der Waals surface area contributed by atoms with E-state index in [-0.39, 0.29) is 26.9 Å². The van der Waals surface area contributed by atoms with E-state index >= 15 is 0 Å². The lowest BCUT2D eigenvalue weighted by Gasteiger charge is -2.05. The summed E-state index contributed by atoms with van der Waals surface area (Å²) in [5.41, 5.74) is 2.04. The highest BCUT2D eigenvalue weighted by atomic mass is 35.5. The molecule has 1 amide bonds. The maximum atomic E-state index is 11.9. The van der Waals surface area contributed by atoms with Crippen LogP contribution in [-0.4, -0.2) is 22.2 Å². The second-order valence-corrected chi connectivity index (χ2v) is 5.14. The van der Waals surface area contributed by atoms with Crippen LogP contribution < -0.4 is 5.43 Å². The number of aromatic hydroxyl groups is 1. The normalized spacial score (nSPS) is 10.7. The topological polar surface area (TPSA) is 105 Å². The summed E-state index contributed by atoms with van der Waals surface area (Å²) in [4.78, 5) is 22.2. The number of carbonyl (C=O) groups excluding carboxylic acids is 1. The average molecular weight is 354 g/mol. The van der Waals surface area contributed by atoms with Crippen LogP contribution in [-0.2, 0) is 0 Å². The molecule has 118 valence electrons. The van der Waals surface area contributed by atoms with Gasteiger partial charge in [0.05, 0.1) is 27.3 Å². The maximum absolute atomic E-state index is 11.9. The summed E-state index contributed by atoms with van der Waals surface area (Å²) in [6.45, 7) is 0. The van der Waals surface area contributed by atoms with Gasteiger partial charge in [-0.15, -0.1) is 0 Å². The van der Waals surface area contributed by atoms with Gasteiger partial charge in [0.25, 0.3) is 11.6 Å². The third-order valence-electron chi connectivity index (χ3n) is 2.78. The second kappa shape index (κ2) is 7.08. The predicted molar refractivity (Wildman–Crippen MR) is 86.3 cm³/mol. The number of rotatable bonds is 4. The van der Waals surface area contributed by atoms with E-state index < -0.39 is 16.6 Å². The number of nitrogens with zero attached hydrogens (tertiary/aromatic N) is 2. The predicted octanol–water partition coefficient (Wildman–Crippen LogP) is 3.37. The zero-order valence-electron chi connectivity index (χ0n) is 11.4. The Kier molecular flexibility index (Phi) is 5.15. The molecular weight excluding hydrogens is 345 g/mol. The highest BCUT2D eigenvalue weighted by Gasteiger charge is 2.15. The van der Waals surface area contributed by atoms with Crippen molar-refractivity contribution in [3.05, 3.63) is 67.7 Å². The number of nitrogens with one attached hydrogen (secondary N) is 1. The first kappa shape index (κ1) is 16.7. The molecule has 0 radical (unpaired) electrons. The third kappa shape index (κ3) is 3.97. The van der Waals surface area contributed by atoms with Gasteiger partial charge in [0.15, 0.2) is 0 Å². The molecule has 9 heteroatoms. The van der Waals surface area contributed by atoms with Gasteiger partial charge in [-0.3, -0.25) is 14.9 Å². The van der Waals surface area contributed by atoms with Crippen molar-refractivity contribution >= 4 is 41.0 Å². The van der Waals surface area contributed by atoms with E-state index in [1.165, 1.54) is 30.3 Å². The monoisotopic (exact) mass is 353 g/mol. The van der Waals surface area contributed by atoms with E-state index in [0.717, 1.165) is 6.21 Å². The lowest BCUT2D eigenvalue weighted by molar-refractivity contribution is -0.385. The Morgan fingerprint density at radius 2 is 2.00 bits per heavy atom. The van der Waals surface area contributed by atoms with Crippen LogP contribution in [0.15, 0.2) is 41.5 Å². The molecule has 7 nitrogen and oxygen atoms in total. The summed E-state index contributed by atoms with van der Waals surface area (Å²) < 4.78 is 0. The van der Waals surface area contributed by atoms with Gasteiger partial charge in [-0.1, -0.05) is 35.3 Å². The molecule has 2 N–H and O–H groups in total. The van der Waals surface area contributed by atoms with Crippen LogP contribution in [0.3, 0.4) is 0 Å².